The second kappa shape index (κ2) is 11.6. The normalized spacial score (nSPS) is 10.7. The van der Waals surface area contributed by atoms with Gasteiger partial charge in [0.2, 0.25) is 0 Å². The smallest absolute Gasteiger partial charge is 0.335 e. The minimum atomic E-state index is -0.974. The van der Waals surface area contributed by atoms with E-state index in [4.69, 9.17) is 14.6 Å². The fraction of sp³-hybridized carbons (Fsp3) is 0.160. The van der Waals surface area contributed by atoms with Crippen molar-refractivity contribution in [2.24, 2.45) is 5.10 Å². The Hall–Kier alpha value is -3.91. The summed E-state index contributed by atoms with van der Waals surface area (Å²) in [6.45, 7) is 6.38. The third kappa shape index (κ3) is 6.54. The Morgan fingerprint density at radius 2 is 1.97 bits per heavy atom. The highest BCUT2D eigenvalue weighted by atomic mass is 32.1. The van der Waals surface area contributed by atoms with Crippen LogP contribution in [-0.2, 0) is 13.0 Å². The number of carbonyl (C=O) groups excluding carboxylic acids is 1. The molecule has 0 fully saturated rings. The molecular weight excluding hydrogens is 440 g/mol. The summed E-state index contributed by atoms with van der Waals surface area (Å²) in [4.78, 5) is 23.7. The number of allylic oxidation sites excluding steroid dienone is 1. The number of hydrogen-bond donors (Lipinski definition) is 2. The van der Waals surface area contributed by atoms with Gasteiger partial charge in [-0.15, -0.1) is 17.9 Å². The molecule has 0 radical (unpaired) electrons. The van der Waals surface area contributed by atoms with Crippen LogP contribution in [0.3, 0.4) is 0 Å². The van der Waals surface area contributed by atoms with E-state index >= 15 is 0 Å². The standard InChI is InChI=1S/C25H24N2O5S/c1-3-6-20-13-18(15-26-27-24(28)22-7-5-12-33-22)14-21(31-4-2)23(20)32-16-17-8-10-19(11-9-17)25(29)30/h3,5,7-15H,1,4,6,16H2,2H3,(H,27,28)(H,29,30)/b26-15-. The summed E-state index contributed by atoms with van der Waals surface area (Å²) >= 11 is 1.34. The Balaban J connectivity index is 1.80. The second-order valence-electron chi connectivity index (χ2n) is 6.90. The Labute approximate surface area is 196 Å². The van der Waals surface area contributed by atoms with E-state index in [-0.39, 0.29) is 18.1 Å². The number of carboxylic acid groups (broad SMARTS) is 1. The molecule has 3 rings (SSSR count). The highest BCUT2D eigenvalue weighted by Gasteiger charge is 2.14. The van der Waals surface area contributed by atoms with Gasteiger partial charge in [0.15, 0.2) is 11.5 Å². The number of nitrogens with one attached hydrogen (secondary N) is 1. The number of nitrogens with zero attached hydrogens (tertiary/aromatic N) is 1. The summed E-state index contributed by atoms with van der Waals surface area (Å²) in [7, 11) is 0. The number of amides is 1. The van der Waals surface area contributed by atoms with Gasteiger partial charge >= 0.3 is 5.97 Å². The lowest BCUT2D eigenvalue weighted by Gasteiger charge is -2.17. The predicted octanol–water partition coefficient (Wildman–Crippen LogP) is 4.92. The van der Waals surface area contributed by atoms with Gasteiger partial charge in [0.25, 0.3) is 5.91 Å². The molecule has 0 bridgehead atoms. The number of thiophene rings is 1. The Kier molecular flexibility index (Phi) is 8.37. The minimum Gasteiger partial charge on any atom is -0.490 e. The van der Waals surface area contributed by atoms with E-state index in [1.807, 2.05) is 18.4 Å². The van der Waals surface area contributed by atoms with Crippen molar-refractivity contribution in [3.8, 4) is 11.5 Å². The first-order valence-corrected chi connectivity index (χ1v) is 11.1. The number of aromatic carboxylic acids is 1. The number of carboxylic acids is 1. The maximum Gasteiger partial charge on any atom is 0.335 e. The van der Waals surface area contributed by atoms with E-state index in [0.29, 0.717) is 29.4 Å². The Bertz CT molecular complexity index is 1140. The van der Waals surface area contributed by atoms with Gasteiger partial charge in [0, 0.05) is 5.56 Å². The quantitative estimate of drug-likeness (QED) is 0.239. The van der Waals surface area contributed by atoms with Gasteiger partial charge in [-0.05, 0) is 60.2 Å². The fourth-order valence-corrected chi connectivity index (χ4v) is 3.63. The van der Waals surface area contributed by atoms with Gasteiger partial charge < -0.3 is 14.6 Å². The SMILES string of the molecule is C=CCc1cc(/C=N\NC(=O)c2cccs2)cc(OCC)c1OCc1ccc(C(=O)O)cc1. The third-order valence-electron chi connectivity index (χ3n) is 4.53. The molecule has 3 aromatic rings. The van der Waals surface area contributed by atoms with Gasteiger partial charge in [-0.1, -0.05) is 24.3 Å². The third-order valence-corrected chi connectivity index (χ3v) is 5.40. The highest BCUT2D eigenvalue weighted by molar-refractivity contribution is 7.12. The molecule has 0 unspecified atom stereocenters. The number of hydrogen-bond acceptors (Lipinski definition) is 6. The molecular formula is C25H24N2O5S. The Morgan fingerprint density at radius 3 is 2.61 bits per heavy atom. The van der Waals surface area contributed by atoms with Crippen molar-refractivity contribution in [3.63, 3.8) is 0 Å². The minimum absolute atomic E-state index is 0.218. The number of carbonyl (C=O) groups is 2. The van der Waals surface area contributed by atoms with Gasteiger partial charge in [-0.3, -0.25) is 4.79 Å². The van der Waals surface area contributed by atoms with E-state index in [1.165, 1.54) is 11.3 Å². The molecule has 8 heteroatoms. The van der Waals surface area contributed by atoms with Crippen molar-refractivity contribution >= 4 is 29.4 Å². The molecule has 0 spiro atoms. The zero-order valence-electron chi connectivity index (χ0n) is 18.1. The van der Waals surface area contributed by atoms with E-state index < -0.39 is 5.97 Å². The Morgan fingerprint density at radius 1 is 1.18 bits per heavy atom. The van der Waals surface area contributed by atoms with Crippen LogP contribution in [0.4, 0.5) is 0 Å². The number of hydrazone groups is 1. The number of ether oxygens (including phenoxy) is 2. The van der Waals surface area contributed by atoms with Crippen molar-refractivity contribution in [1.29, 1.82) is 0 Å². The van der Waals surface area contributed by atoms with E-state index in [0.717, 1.165) is 16.7 Å². The number of benzene rings is 2. The molecule has 0 aliphatic carbocycles. The van der Waals surface area contributed by atoms with Crippen LogP contribution in [0.15, 0.2) is 71.7 Å². The molecule has 0 saturated heterocycles. The van der Waals surface area contributed by atoms with E-state index in [9.17, 15) is 9.59 Å². The molecule has 0 aliphatic heterocycles. The highest BCUT2D eigenvalue weighted by Crippen LogP contribution is 2.34. The topological polar surface area (TPSA) is 97.2 Å². The largest absolute Gasteiger partial charge is 0.490 e. The van der Waals surface area contributed by atoms with Crippen molar-refractivity contribution in [2.75, 3.05) is 6.61 Å². The lowest BCUT2D eigenvalue weighted by Crippen LogP contribution is -2.16. The van der Waals surface area contributed by atoms with Crippen molar-refractivity contribution < 1.29 is 24.2 Å². The molecule has 170 valence electrons. The van der Waals surface area contributed by atoms with Crippen molar-refractivity contribution in [1.82, 2.24) is 5.43 Å². The van der Waals surface area contributed by atoms with Crippen LogP contribution in [-0.4, -0.2) is 29.8 Å². The van der Waals surface area contributed by atoms with Crippen LogP contribution in [0.5, 0.6) is 11.5 Å². The lowest BCUT2D eigenvalue weighted by molar-refractivity contribution is 0.0696. The average Bonchev–Trinajstić information content (AvgIpc) is 3.34. The van der Waals surface area contributed by atoms with Crippen LogP contribution in [0.25, 0.3) is 0 Å². The molecule has 2 aromatic carbocycles. The summed E-state index contributed by atoms with van der Waals surface area (Å²) in [5.74, 6) is -0.117. The molecule has 2 N–H and O–H groups in total. The maximum atomic E-state index is 12.1. The summed E-state index contributed by atoms with van der Waals surface area (Å²) in [6.07, 6.45) is 3.85. The monoisotopic (exact) mass is 464 g/mol. The first kappa shape index (κ1) is 23.7. The zero-order valence-corrected chi connectivity index (χ0v) is 18.9. The second-order valence-corrected chi connectivity index (χ2v) is 7.85. The number of rotatable bonds is 11. The first-order chi connectivity index (χ1) is 16.0. The zero-order chi connectivity index (χ0) is 23.6. The van der Waals surface area contributed by atoms with Crippen molar-refractivity contribution in [3.05, 3.63) is 93.7 Å². The molecule has 0 atom stereocenters. The lowest BCUT2D eigenvalue weighted by atomic mass is 10.1. The molecule has 7 nitrogen and oxygen atoms in total. The summed E-state index contributed by atoms with van der Waals surface area (Å²) in [6, 6.07) is 13.7. The van der Waals surface area contributed by atoms with Gasteiger partial charge in [0.1, 0.15) is 6.61 Å². The first-order valence-electron chi connectivity index (χ1n) is 10.2. The van der Waals surface area contributed by atoms with Crippen LogP contribution in [0.2, 0.25) is 0 Å². The molecule has 1 amide bonds. The maximum absolute atomic E-state index is 12.1. The molecule has 33 heavy (non-hydrogen) atoms. The fourth-order valence-electron chi connectivity index (χ4n) is 3.02. The van der Waals surface area contributed by atoms with E-state index in [1.54, 1.807) is 54.8 Å². The summed E-state index contributed by atoms with van der Waals surface area (Å²) in [5, 5.41) is 14.9. The predicted molar refractivity (Wildman–Crippen MR) is 129 cm³/mol. The van der Waals surface area contributed by atoms with Crippen LogP contribution in [0, 0.1) is 0 Å². The summed E-state index contributed by atoms with van der Waals surface area (Å²) in [5.41, 5.74) is 5.15. The molecule has 1 aromatic heterocycles. The molecule has 0 aliphatic rings. The molecule has 0 saturated carbocycles. The van der Waals surface area contributed by atoms with Crippen LogP contribution >= 0.6 is 11.3 Å². The van der Waals surface area contributed by atoms with Gasteiger partial charge in [0.05, 0.1) is 23.3 Å². The van der Waals surface area contributed by atoms with Gasteiger partial charge in [-0.2, -0.15) is 5.10 Å². The average molecular weight is 465 g/mol. The van der Waals surface area contributed by atoms with Gasteiger partial charge in [-0.25, -0.2) is 10.2 Å². The van der Waals surface area contributed by atoms with Crippen molar-refractivity contribution in [2.45, 2.75) is 20.0 Å². The molecule has 1 heterocycles. The summed E-state index contributed by atoms with van der Waals surface area (Å²) < 4.78 is 11.9. The van der Waals surface area contributed by atoms with Crippen LogP contribution in [0.1, 0.15) is 43.6 Å². The van der Waals surface area contributed by atoms with Crippen LogP contribution < -0.4 is 14.9 Å². The van der Waals surface area contributed by atoms with E-state index in [2.05, 4.69) is 17.1 Å².